The lowest BCUT2D eigenvalue weighted by molar-refractivity contribution is 0.814. The molecule has 6 nitrogen and oxygen atoms in total. The van der Waals surface area contributed by atoms with Crippen molar-refractivity contribution in [2.45, 2.75) is 20.4 Å². The van der Waals surface area contributed by atoms with Gasteiger partial charge >= 0.3 is 0 Å². The van der Waals surface area contributed by atoms with E-state index >= 15 is 0 Å². The Kier molecular flexibility index (Phi) is 5.13. The number of nitrogens with two attached hydrogens (primary N) is 1. The standard InChI is InChI=1S/C12H17BrN6S/c1-3-19(4-2)12-17-10(14)16-11(18-12)15-7-9-8(13)5-6-20-9/h5-6H,3-4,7H2,1-2H3,(H3,14,15,16,17,18). The van der Waals surface area contributed by atoms with Gasteiger partial charge in [-0.15, -0.1) is 11.3 Å². The predicted molar refractivity (Wildman–Crippen MR) is 87.1 cm³/mol. The van der Waals surface area contributed by atoms with Crippen LogP contribution >= 0.6 is 27.3 Å². The molecule has 2 aromatic rings. The molecule has 2 heterocycles. The maximum Gasteiger partial charge on any atom is 0.231 e. The first-order valence-corrected chi connectivity index (χ1v) is 8.03. The second-order valence-corrected chi connectivity index (χ2v) is 5.89. The molecule has 0 aliphatic rings. The Morgan fingerprint density at radius 2 is 2.05 bits per heavy atom. The van der Waals surface area contributed by atoms with Crippen molar-refractivity contribution in [2.75, 3.05) is 29.0 Å². The summed E-state index contributed by atoms with van der Waals surface area (Å²) >= 11 is 5.17. The second kappa shape index (κ2) is 6.85. The number of nitrogens with one attached hydrogen (secondary N) is 1. The molecular formula is C12H17BrN6S. The lowest BCUT2D eigenvalue weighted by Crippen LogP contribution is -2.25. The molecule has 2 aromatic heterocycles. The zero-order valence-corrected chi connectivity index (χ0v) is 13.8. The number of hydrogen-bond donors (Lipinski definition) is 2. The minimum Gasteiger partial charge on any atom is -0.368 e. The summed E-state index contributed by atoms with van der Waals surface area (Å²) in [5, 5.41) is 5.22. The van der Waals surface area contributed by atoms with E-state index in [1.165, 1.54) is 4.88 Å². The van der Waals surface area contributed by atoms with E-state index < -0.39 is 0 Å². The SMILES string of the molecule is CCN(CC)c1nc(N)nc(NCc2sccc2Br)n1. The fourth-order valence-corrected chi connectivity index (χ4v) is 3.15. The number of hydrogen-bond acceptors (Lipinski definition) is 7. The first kappa shape index (κ1) is 15.0. The third kappa shape index (κ3) is 3.57. The van der Waals surface area contributed by atoms with Gasteiger partial charge in [0.15, 0.2) is 0 Å². The number of anilines is 3. The van der Waals surface area contributed by atoms with E-state index in [0.717, 1.165) is 17.6 Å². The number of nitrogen functional groups attached to an aromatic ring is 1. The van der Waals surface area contributed by atoms with Crippen molar-refractivity contribution >= 4 is 45.1 Å². The van der Waals surface area contributed by atoms with Gasteiger partial charge < -0.3 is 16.0 Å². The van der Waals surface area contributed by atoms with Crippen LogP contribution < -0.4 is 16.0 Å². The van der Waals surface area contributed by atoms with Crippen LogP contribution in [0.3, 0.4) is 0 Å². The molecule has 20 heavy (non-hydrogen) atoms. The molecule has 0 fully saturated rings. The summed E-state index contributed by atoms with van der Waals surface area (Å²) in [5.41, 5.74) is 5.75. The molecule has 0 saturated carbocycles. The van der Waals surface area contributed by atoms with Crippen LogP contribution in [0.5, 0.6) is 0 Å². The van der Waals surface area contributed by atoms with Gasteiger partial charge in [-0.05, 0) is 41.2 Å². The van der Waals surface area contributed by atoms with Crippen LogP contribution in [0.1, 0.15) is 18.7 Å². The summed E-state index contributed by atoms with van der Waals surface area (Å²) in [6, 6.07) is 2.02. The largest absolute Gasteiger partial charge is 0.368 e. The third-order valence-corrected chi connectivity index (χ3v) is 4.71. The maximum absolute atomic E-state index is 5.75. The lowest BCUT2D eigenvalue weighted by Gasteiger charge is -2.18. The van der Waals surface area contributed by atoms with E-state index in [2.05, 4.69) is 50.0 Å². The van der Waals surface area contributed by atoms with E-state index in [1.807, 2.05) is 16.3 Å². The van der Waals surface area contributed by atoms with Gasteiger partial charge in [0.2, 0.25) is 17.8 Å². The zero-order chi connectivity index (χ0) is 14.5. The van der Waals surface area contributed by atoms with Gasteiger partial charge in [-0.2, -0.15) is 15.0 Å². The average Bonchev–Trinajstić information content (AvgIpc) is 2.83. The highest BCUT2D eigenvalue weighted by Gasteiger charge is 2.10. The number of thiophene rings is 1. The van der Waals surface area contributed by atoms with E-state index in [-0.39, 0.29) is 5.95 Å². The van der Waals surface area contributed by atoms with Crippen molar-refractivity contribution in [1.82, 2.24) is 15.0 Å². The Bertz CT molecular complexity index is 569. The smallest absolute Gasteiger partial charge is 0.231 e. The summed E-state index contributed by atoms with van der Waals surface area (Å²) in [6.45, 7) is 6.42. The van der Waals surface area contributed by atoms with Gasteiger partial charge in [0.25, 0.3) is 0 Å². The first-order chi connectivity index (χ1) is 9.63. The van der Waals surface area contributed by atoms with Crippen LogP contribution in [0.2, 0.25) is 0 Å². The van der Waals surface area contributed by atoms with Crippen molar-refractivity contribution < 1.29 is 0 Å². The van der Waals surface area contributed by atoms with E-state index in [4.69, 9.17) is 5.73 Å². The fraction of sp³-hybridized carbons (Fsp3) is 0.417. The van der Waals surface area contributed by atoms with E-state index in [9.17, 15) is 0 Å². The van der Waals surface area contributed by atoms with Crippen LogP contribution in [0.25, 0.3) is 0 Å². The van der Waals surface area contributed by atoms with Crippen LogP contribution in [-0.2, 0) is 6.54 Å². The number of aromatic nitrogens is 3. The first-order valence-electron chi connectivity index (χ1n) is 6.36. The second-order valence-electron chi connectivity index (χ2n) is 4.03. The molecule has 0 atom stereocenters. The number of rotatable bonds is 6. The van der Waals surface area contributed by atoms with Crippen LogP contribution in [-0.4, -0.2) is 28.0 Å². The van der Waals surface area contributed by atoms with Crippen molar-refractivity contribution in [3.05, 3.63) is 20.8 Å². The Morgan fingerprint density at radius 3 is 2.65 bits per heavy atom. The van der Waals surface area contributed by atoms with Gasteiger partial charge in [0, 0.05) is 22.4 Å². The van der Waals surface area contributed by atoms with Crippen LogP contribution in [0.15, 0.2) is 15.9 Å². The molecule has 0 aromatic carbocycles. The molecule has 2 rings (SSSR count). The summed E-state index contributed by atoms with van der Waals surface area (Å²) in [4.78, 5) is 15.9. The monoisotopic (exact) mass is 356 g/mol. The van der Waals surface area contributed by atoms with E-state index in [1.54, 1.807) is 11.3 Å². The minimum absolute atomic E-state index is 0.231. The van der Waals surface area contributed by atoms with Gasteiger partial charge in [0.1, 0.15) is 0 Å². The van der Waals surface area contributed by atoms with Gasteiger partial charge in [0.05, 0.1) is 6.54 Å². The average molecular weight is 357 g/mol. The summed E-state index contributed by atoms with van der Waals surface area (Å²) < 4.78 is 1.08. The summed E-state index contributed by atoms with van der Waals surface area (Å²) in [5.74, 6) is 1.34. The minimum atomic E-state index is 0.231. The van der Waals surface area contributed by atoms with Crippen molar-refractivity contribution in [1.29, 1.82) is 0 Å². The molecule has 0 amide bonds. The van der Waals surface area contributed by atoms with Gasteiger partial charge in [-0.1, -0.05) is 0 Å². The molecule has 0 spiro atoms. The molecule has 108 valence electrons. The Morgan fingerprint density at radius 1 is 1.30 bits per heavy atom. The lowest BCUT2D eigenvalue weighted by atomic mass is 10.5. The predicted octanol–water partition coefficient (Wildman–Crippen LogP) is 2.74. The molecule has 0 unspecified atom stereocenters. The summed E-state index contributed by atoms with van der Waals surface area (Å²) in [6.07, 6.45) is 0. The summed E-state index contributed by atoms with van der Waals surface area (Å²) in [7, 11) is 0. The number of halogens is 1. The normalized spacial score (nSPS) is 10.6. The highest BCUT2D eigenvalue weighted by molar-refractivity contribution is 9.10. The Labute approximate surface area is 130 Å². The Balaban J connectivity index is 2.13. The van der Waals surface area contributed by atoms with Crippen molar-refractivity contribution in [3.8, 4) is 0 Å². The van der Waals surface area contributed by atoms with Crippen molar-refractivity contribution in [3.63, 3.8) is 0 Å². The third-order valence-electron chi connectivity index (χ3n) is 2.79. The molecule has 8 heteroatoms. The van der Waals surface area contributed by atoms with E-state index in [0.29, 0.717) is 18.4 Å². The number of nitrogens with zero attached hydrogens (tertiary/aromatic N) is 4. The van der Waals surface area contributed by atoms with Crippen molar-refractivity contribution in [2.24, 2.45) is 0 Å². The van der Waals surface area contributed by atoms with Gasteiger partial charge in [-0.25, -0.2) is 0 Å². The van der Waals surface area contributed by atoms with Crippen LogP contribution in [0, 0.1) is 0 Å². The molecule has 0 bridgehead atoms. The highest BCUT2D eigenvalue weighted by atomic mass is 79.9. The zero-order valence-electron chi connectivity index (χ0n) is 11.4. The maximum atomic E-state index is 5.75. The topological polar surface area (TPSA) is 80.0 Å². The molecule has 0 aliphatic carbocycles. The molecular weight excluding hydrogens is 340 g/mol. The van der Waals surface area contributed by atoms with Gasteiger partial charge in [-0.3, -0.25) is 0 Å². The quantitative estimate of drug-likeness (QED) is 0.828. The molecule has 0 saturated heterocycles. The fourth-order valence-electron chi connectivity index (χ4n) is 1.72. The van der Waals surface area contributed by atoms with Crippen LogP contribution in [0.4, 0.5) is 17.8 Å². The molecule has 3 N–H and O–H groups in total. The Hall–Kier alpha value is -1.41. The molecule has 0 aliphatic heterocycles. The molecule has 0 radical (unpaired) electrons. The highest BCUT2D eigenvalue weighted by Crippen LogP contribution is 2.23.